The Kier molecular flexibility index (Phi) is 8.36. The van der Waals surface area contributed by atoms with Crippen LogP contribution >= 0.6 is 11.6 Å². The van der Waals surface area contributed by atoms with Crippen LogP contribution in [0.1, 0.15) is 24.2 Å². The molecule has 0 aliphatic rings. The van der Waals surface area contributed by atoms with Crippen LogP contribution in [0.3, 0.4) is 0 Å². The van der Waals surface area contributed by atoms with Gasteiger partial charge in [-0.3, -0.25) is 4.79 Å². The van der Waals surface area contributed by atoms with Crippen molar-refractivity contribution in [3.05, 3.63) is 101 Å². The standard InChI is InChI=1S/C28H28ClN3O2/c29-23-14-16-24(17-15-23)34-21-7-20-32-26-11-5-4-10-25(26)31-27(32)12-6-19-30-28(33)18-13-22-8-2-1-3-9-22/h1-5,8-11,13-18H,6-7,12,19-21H2,(H,30,33)/b18-13+. The van der Waals surface area contributed by atoms with Crippen LogP contribution in [0.15, 0.2) is 84.9 Å². The summed E-state index contributed by atoms with van der Waals surface area (Å²) in [6.07, 6.45) is 5.86. The highest BCUT2D eigenvalue weighted by molar-refractivity contribution is 6.30. The second-order valence-corrected chi connectivity index (χ2v) is 8.40. The number of fused-ring (bicyclic) bond motifs is 1. The fourth-order valence-corrected chi connectivity index (χ4v) is 3.89. The molecular formula is C28H28ClN3O2. The molecule has 5 nitrogen and oxygen atoms in total. The van der Waals surface area contributed by atoms with Gasteiger partial charge in [0.1, 0.15) is 11.6 Å². The molecule has 0 radical (unpaired) electrons. The molecule has 0 saturated heterocycles. The number of benzene rings is 3. The number of nitrogens with zero attached hydrogens (tertiary/aromatic N) is 2. The number of aromatic nitrogens is 2. The molecule has 0 bridgehead atoms. The minimum Gasteiger partial charge on any atom is -0.494 e. The normalized spacial score (nSPS) is 11.2. The van der Waals surface area contributed by atoms with Crippen molar-refractivity contribution in [3.8, 4) is 5.75 Å². The van der Waals surface area contributed by atoms with E-state index < -0.39 is 0 Å². The minimum absolute atomic E-state index is 0.0864. The number of ether oxygens (including phenoxy) is 1. The first-order valence-electron chi connectivity index (χ1n) is 11.5. The molecule has 0 atom stereocenters. The maximum Gasteiger partial charge on any atom is 0.243 e. The maximum absolute atomic E-state index is 12.1. The largest absolute Gasteiger partial charge is 0.494 e. The van der Waals surface area contributed by atoms with Crippen LogP contribution in [0.25, 0.3) is 17.1 Å². The van der Waals surface area contributed by atoms with E-state index in [2.05, 4.69) is 16.0 Å². The summed E-state index contributed by atoms with van der Waals surface area (Å²) < 4.78 is 8.11. The second-order valence-electron chi connectivity index (χ2n) is 7.96. The molecule has 0 saturated carbocycles. The zero-order chi connectivity index (χ0) is 23.6. The van der Waals surface area contributed by atoms with E-state index in [9.17, 15) is 4.79 Å². The van der Waals surface area contributed by atoms with Crippen molar-refractivity contribution in [1.82, 2.24) is 14.9 Å². The van der Waals surface area contributed by atoms with E-state index in [4.69, 9.17) is 21.3 Å². The quantitative estimate of drug-likeness (QED) is 0.217. The zero-order valence-electron chi connectivity index (χ0n) is 19.0. The van der Waals surface area contributed by atoms with Crippen molar-refractivity contribution in [2.45, 2.75) is 25.8 Å². The number of rotatable bonds is 11. The Morgan fingerprint density at radius 3 is 2.56 bits per heavy atom. The Morgan fingerprint density at radius 2 is 1.74 bits per heavy atom. The smallest absolute Gasteiger partial charge is 0.243 e. The predicted molar refractivity (Wildman–Crippen MR) is 138 cm³/mol. The lowest BCUT2D eigenvalue weighted by Gasteiger charge is -2.11. The molecule has 1 heterocycles. The van der Waals surface area contributed by atoms with Gasteiger partial charge < -0.3 is 14.6 Å². The molecule has 0 aliphatic heterocycles. The first-order chi connectivity index (χ1) is 16.7. The number of carbonyl (C=O) groups excluding carboxylic acids is 1. The third kappa shape index (κ3) is 6.72. The van der Waals surface area contributed by atoms with Gasteiger partial charge in [0.25, 0.3) is 0 Å². The van der Waals surface area contributed by atoms with E-state index in [0.29, 0.717) is 18.2 Å². The molecule has 0 aliphatic carbocycles. The molecule has 4 rings (SSSR count). The van der Waals surface area contributed by atoms with Crippen LogP contribution < -0.4 is 10.1 Å². The van der Waals surface area contributed by atoms with Crippen molar-refractivity contribution >= 4 is 34.6 Å². The molecule has 0 fully saturated rings. The van der Waals surface area contributed by atoms with E-state index in [0.717, 1.165) is 54.0 Å². The first kappa shape index (κ1) is 23.6. The van der Waals surface area contributed by atoms with Gasteiger partial charge >= 0.3 is 0 Å². The van der Waals surface area contributed by atoms with E-state index in [1.165, 1.54) is 0 Å². The number of nitrogens with one attached hydrogen (secondary N) is 1. The van der Waals surface area contributed by atoms with Crippen LogP contribution in [-0.2, 0) is 17.8 Å². The van der Waals surface area contributed by atoms with Gasteiger partial charge in [-0.25, -0.2) is 4.98 Å². The molecule has 174 valence electrons. The van der Waals surface area contributed by atoms with Crippen molar-refractivity contribution < 1.29 is 9.53 Å². The minimum atomic E-state index is -0.0864. The number of amides is 1. The molecule has 3 aromatic carbocycles. The predicted octanol–water partition coefficient (Wildman–Crippen LogP) is 5.92. The molecule has 34 heavy (non-hydrogen) atoms. The van der Waals surface area contributed by atoms with Gasteiger partial charge in [-0.2, -0.15) is 0 Å². The van der Waals surface area contributed by atoms with E-state index in [-0.39, 0.29) is 5.91 Å². The monoisotopic (exact) mass is 473 g/mol. The second kappa shape index (κ2) is 12.1. The molecule has 6 heteroatoms. The van der Waals surface area contributed by atoms with Crippen molar-refractivity contribution in [3.63, 3.8) is 0 Å². The third-order valence-electron chi connectivity index (χ3n) is 5.45. The summed E-state index contributed by atoms with van der Waals surface area (Å²) in [7, 11) is 0. The number of aryl methyl sites for hydroxylation is 2. The average Bonchev–Trinajstić information content (AvgIpc) is 3.22. The molecule has 1 aromatic heterocycles. The summed E-state index contributed by atoms with van der Waals surface area (Å²) >= 11 is 5.93. The Bertz CT molecular complexity index is 1230. The Hall–Kier alpha value is -3.57. The SMILES string of the molecule is O=C(/C=C/c1ccccc1)NCCCc1nc2ccccc2n1CCCOc1ccc(Cl)cc1. The molecule has 0 unspecified atom stereocenters. The summed E-state index contributed by atoms with van der Waals surface area (Å²) in [5, 5.41) is 3.66. The van der Waals surface area contributed by atoms with Gasteiger partial charge in [0.05, 0.1) is 17.6 Å². The van der Waals surface area contributed by atoms with Crippen molar-refractivity contribution in [2.24, 2.45) is 0 Å². The molecule has 0 spiro atoms. The van der Waals surface area contributed by atoms with E-state index in [1.54, 1.807) is 6.08 Å². The van der Waals surface area contributed by atoms with E-state index in [1.807, 2.05) is 78.9 Å². The third-order valence-corrected chi connectivity index (χ3v) is 5.70. The fourth-order valence-electron chi connectivity index (χ4n) is 3.76. The number of hydrogen-bond acceptors (Lipinski definition) is 3. The lowest BCUT2D eigenvalue weighted by atomic mass is 10.2. The van der Waals surface area contributed by atoms with Crippen LogP contribution in [-0.4, -0.2) is 28.6 Å². The fraction of sp³-hybridized carbons (Fsp3) is 0.214. The van der Waals surface area contributed by atoms with Crippen molar-refractivity contribution in [2.75, 3.05) is 13.2 Å². The van der Waals surface area contributed by atoms with E-state index >= 15 is 0 Å². The van der Waals surface area contributed by atoms with Crippen LogP contribution in [0.4, 0.5) is 0 Å². The molecule has 1 amide bonds. The van der Waals surface area contributed by atoms with Gasteiger partial charge in [-0.15, -0.1) is 0 Å². The lowest BCUT2D eigenvalue weighted by Crippen LogP contribution is -2.22. The topological polar surface area (TPSA) is 56.2 Å². The highest BCUT2D eigenvalue weighted by Crippen LogP contribution is 2.19. The molecule has 1 N–H and O–H groups in total. The summed E-state index contributed by atoms with van der Waals surface area (Å²) in [6.45, 7) is 2.02. The first-order valence-corrected chi connectivity index (χ1v) is 11.9. The van der Waals surface area contributed by atoms with Gasteiger partial charge in [0, 0.05) is 30.6 Å². The Balaban J connectivity index is 1.28. The summed E-state index contributed by atoms with van der Waals surface area (Å²) in [5.74, 6) is 1.76. The van der Waals surface area contributed by atoms with Gasteiger partial charge in [0.2, 0.25) is 5.91 Å². The van der Waals surface area contributed by atoms with Crippen LogP contribution in [0, 0.1) is 0 Å². The highest BCUT2D eigenvalue weighted by atomic mass is 35.5. The van der Waals surface area contributed by atoms with Gasteiger partial charge in [-0.1, -0.05) is 54.1 Å². The lowest BCUT2D eigenvalue weighted by molar-refractivity contribution is -0.116. The van der Waals surface area contributed by atoms with Crippen LogP contribution in [0.2, 0.25) is 5.02 Å². The van der Waals surface area contributed by atoms with Crippen LogP contribution in [0.5, 0.6) is 5.75 Å². The maximum atomic E-state index is 12.1. The molecular weight excluding hydrogens is 446 g/mol. The summed E-state index contributed by atoms with van der Waals surface area (Å²) in [4.78, 5) is 16.9. The summed E-state index contributed by atoms with van der Waals surface area (Å²) in [5.41, 5.74) is 3.12. The number of para-hydroxylation sites is 2. The number of imidazole rings is 1. The number of halogens is 1. The van der Waals surface area contributed by atoms with Gasteiger partial charge in [0.15, 0.2) is 0 Å². The molecule has 4 aromatic rings. The Morgan fingerprint density at radius 1 is 0.971 bits per heavy atom. The summed E-state index contributed by atoms with van der Waals surface area (Å²) in [6, 6.07) is 25.4. The number of hydrogen-bond donors (Lipinski definition) is 1. The van der Waals surface area contributed by atoms with Gasteiger partial charge in [-0.05, 0) is 60.9 Å². The highest BCUT2D eigenvalue weighted by Gasteiger charge is 2.10. The zero-order valence-corrected chi connectivity index (χ0v) is 19.7. The Labute approximate surface area is 205 Å². The van der Waals surface area contributed by atoms with Crippen molar-refractivity contribution in [1.29, 1.82) is 0 Å². The average molecular weight is 474 g/mol. The number of carbonyl (C=O) groups is 1.